The Morgan fingerprint density at radius 2 is 1.71 bits per heavy atom. The number of amides is 1. The van der Waals surface area contributed by atoms with E-state index < -0.39 is 0 Å². The first-order chi connectivity index (χ1) is 13.5. The van der Waals surface area contributed by atoms with Gasteiger partial charge in [-0.3, -0.25) is 4.79 Å². The van der Waals surface area contributed by atoms with Crippen molar-refractivity contribution in [3.63, 3.8) is 0 Å². The quantitative estimate of drug-likeness (QED) is 0.560. The summed E-state index contributed by atoms with van der Waals surface area (Å²) in [5.41, 5.74) is 2.35. The molecule has 6 nitrogen and oxygen atoms in total. The van der Waals surface area contributed by atoms with E-state index in [2.05, 4.69) is 5.16 Å². The lowest BCUT2D eigenvalue weighted by Crippen LogP contribution is -2.26. The first-order valence-electron chi connectivity index (χ1n) is 8.74. The Bertz CT molecular complexity index is 1150. The molecule has 4 aromatic rings. The highest BCUT2D eigenvalue weighted by molar-refractivity contribution is 6.00. The average molecular weight is 374 g/mol. The summed E-state index contributed by atoms with van der Waals surface area (Å²) in [6, 6.07) is 19.4. The highest BCUT2D eigenvalue weighted by atomic mass is 16.5. The minimum Gasteiger partial charge on any atom is -0.507 e. The summed E-state index contributed by atoms with van der Waals surface area (Å²) in [6.07, 6.45) is 0. The van der Waals surface area contributed by atoms with Crippen LogP contribution in [0.4, 0.5) is 0 Å². The molecule has 6 heteroatoms. The normalized spacial score (nSPS) is 10.9. The van der Waals surface area contributed by atoms with Gasteiger partial charge in [-0.25, -0.2) is 0 Å². The van der Waals surface area contributed by atoms with Crippen LogP contribution in [0.25, 0.3) is 22.2 Å². The summed E-state index contributed by atoms with van der Waals surface area (Å²) < 4.78 is 5.30. The number of para-hydroxylation sites is 1. The van der Waals surface area contributed by atoms with Crippen LogP contribution in [0.3, 0.4) is 0 Å². The predicted octanol–water partition coefficient (Wildman–Crippen LogP) is 4.18. The molecule has 0 saturated carbocycles. The van der Waals surface area contributed by atoms with E-state index in [4.69, 9.17) is 4.52 Å². The van der Waals surface area contributed by atoms with E-state index in [1.165, 1.54) is 11.0 Å². The zero-order valence-corrected chi connectivity index (χ0v) is 15.2. The summed E-state index contributed by atoms with van der Waals surface area (Å²) in [5, 5.41) is 25.3. The Morgan fingerprint density at radius 1 is 1.00 bits per heavy atom. The first kappa shape index (κ1) is 17.6. The number of fused-ring (bicyclic) bond motifs is 1. The van der Waals surface area contributed by atoms with Gasteiger partial charge >= 0.3 is 0 Å². The molecule has 0 radical (unpaired) electrons. The van der Waals surface area contributed by atoms with E-state index >= 15 is 0 Å². The van der Waals surface area contributed by atoms with E-state index in [1.54, 1.807) is 13.1 Å². The third-order valence-corrected chi connectivity index (χ3v) is 4.59. The summed E-state index contributed by atoms with van der Waals surface area (Å²) in [7, 11) is 1.66. The average Bonchev–Trinajstić information content (AvgIpc) is 3.12. The fourth-order valence-electron chi connectivity index (χ4n) is 3.15. The van der Waals surface area contributed by atoms with E-state index in [1.807, 2.05) is 48.5 Å². The molecule has 3 aromatic carbocycles. The van der Waals surface area contributed by atoms with E-state index in [0.29, 0.717) is 28.8 Å². The number of hydrogen-bond acceptors (Lipinski definition) is 5. The minimum atomic E-state index is -0.365. The van der Waals surface area contributed by atoms with Crippen LogP contribution in [0, 0.1) is 0 Å². The molecule has 0 aliphatic carbocycles. The maximum absolute atomic E-state index is 12.9. The maximum atomic E-state index is 12.9. The molecule has 0 unspecified atom stereocenters. The van der Waals surface area contributed by atoms with Crippen LogP contribution in [-0.4, -0.2) is 33.2 Å². The van der Waals surface area contributed by atoms with Crippen LogP contribution < -0.4 is 0 Å². The first-order valence-corrected chi connectivity index (χ1v) is 8.74. The van der Waals surface area contributed by atoms with E-state index in [9.17, 15) is 15.0 Å². The predicted molar refractivity (Wildman–Crippen MR) is 105 cm³/mol. The van der Waals surface area contributed by atoms with Crippen LogP contribution in [0.2, 0.25) is 0 Å². The Kier molecular flexibility index (Phi) is 4.45. The van der Waals surface area contributed by atoms with Gasteiger partial charge in [0.15, 0.2) is 5.58 Å². The number of carbonyl (C=O) groups is 1. The fraction of sp³-hybridized carbons (Fsp3) is 0.0909. The molecule has 1 heterocycles. The molecule has 0 aliphatic rings. The number of aromatic nitrogens is 1. The van der Waals surface area contributed by atoms with Crippen LogP contribution in [0.5, 0.6) is 11.5 Å². The van der Waals surface area contributed by atoms with E-state index in [0.717, 1.165) is 11.6 Å². The van der Waals surface area contributed by atoms with Gasteiger partial charge in [0.2, 0.25) is 0 Å². The molecule has 0 aliphatic heterocycles. The molecule has 1 amide bonds. The van der Waals surface area contributed by atoms with Crippen molar-refractivity contribution in [2.45, 2.75) is 6.54 Å². The van der Waals surface area contributed by atoms with Crippen LogP contribution in [0.1, 0.15) is 15.9 Å². The van der Waals surface area contributed by atoms with Crippen molar-refractivity contribution in [1.29, 1.82) is 0 Å². The lowest BCUT2D eigenvalue weighted by Gasteiger charge is -2.18. The van der Waals surface area contributed by atoms with Crippen LogP contribution in [-0.2, 0) is 6.54 Å². The Balaban J connectivity index is 1.72. The smallest absolute Gasteiger partial charge is 0.257 e. The number of benzene rings is 3. The summed E-state index contributed by atoms with van der Waals surface area (Å²) in [4.78, 5) is 14.4. The third-order valence-electron chi connectivity index (χ3n) is 4.59. The molecule has 1 aromatic heterocycles. The Morgan fingerprint density at radius 3 is 2.50 bits per heavy atom. The molecule has 140 valence electrons. The number of hydrogen-bond donors (Lipinski definition) is 2. The van der Waals surface area contributed by atoms with Gasteiger partial charge in [0.1, 0.15) is 17.2 Å². The molecule has 2 N–H and O–H groups in total. The standard InChI is InChI=1S/C22H18N2O4/c1-24(13-14-7-3-2-4-8-14)22(27)17-11-16(18(25)12-19(17)26)21-15-9-5-6-10-20(15)28-23-21/h2-12,25-26H,13H2,1H3. The van der Waals surface area contributed by atoms with Crippen molar-refractivity contribution in [3.8, 4) is 22.8 Å². The molecule has 0 atom stereocenters. The van der Waals surface area contributed by atoms with Crippen molar-refractivity contribution >= 4 is 16.9 Å². The van der Waals surface area contributed by atoms with Crippen LogP contribution in [0.15, 0.2) is 71.3 Å². The highest BCUT2D eigenvalue weighted by Crippen LogP contribution is 2.38. The number of carbonyl (C=O) groups excluding carboxylic acids is 1. The molecular formula is C22H18N2O4. The van der Waals surface area contributed by atoms with Gasteiger partial charge in [0.25, 0.3) is 5.91 Å². The number of aromatic hydroxyl groups is 2. The second-order valence-electron chi connectivity index (χ2n) is 6.56. The van der Waals surface area contributed by atoms with Crippen molar-refractivity contribution in [3.05, 3.63) is 77.9 Å². The fourth-order valence-corrected chi connectivity index (χ4v) is 3.15. The molecule has 0 saturated heterocycles. The molecule has 0 bridgehead atoms. The zero-order chi connectivity index (χ0) is 19.7. The molecule has 0 fully saturated rings. The van der Waals surface area contributed by atoms with Gasteiger partial charge in [-0.05, 0) is 23.8 Å². The van der Waals surface area contributed by atoms with Gasteiger partial charge in [-0.15, -0.1) is 0 Å². The Hall–Kier alpha value is -3.80. The van der Waals surface area contributed by atoms with Crippen molar-refractivity contribution < 1.29 is 19.5 Å². The zero-order valence-electron chi connectivity index (χ0n) is 15.2. The number of phenolic OH excluding ortho intramolecular Hbond substituents is 2. The monoisotopic (exact) mass is 374 g/mol. The molecule has 28 heavy (non-hydrogen) atoms. The van der Waals surface area contributed by atoms with E-state index in [-0.39, 0.29) is 23.0 Å². The second kappa shape index (κ2) is 7.08. The van der Waals surface area contributed by atoms with Gasteiger partial charge in [0.05, 0.1) is 5.56 Å². The maximum Gasteiger partial charge on any atom is 0.257 e. The lowest BCUT2D eigenvalue weighted by molar-refractivity contribution is 0.0782. The van der Waals surface area contributed by atoms with Gasteiger partial charge in [-0.1, -0.05) is 47.6 Å². The minimum absolute atomic E-state index is 0.0818. The number of rotatable bonds is 4. The highest BCUT2D eigenvalue weighted by Gasteiger charge is 2.22. The summed E-state index contributed by atoms with van der Waals surface area (Å²) >= 11 is 0. The topological polar surface area (TPSA) is 86.8 Å². The molecule has 0 spiro atoms. The van der Waals surface area contributed by atoms with Crippen LogP contribution >= 0.6 is 0 Å². The lowest BCUT2D eigenvalue weighted by atomic mass is 10.0. The number of phenols is 2. The Labute approximate surface area is 161 Å². The SMILES string of the molecule is CN(Cc1ccccc1)C(=O)c1cc(-c2noc3ccccc23)c(O)cc1O. The van der Waals surface area contributed by atoms with Crippen molar-refractivity contribution in [2.24, 2.45) is 0 Å². The second-order valence-corrected chi connectivity index (χ2v) is 6.56. The largest absolute Gasteiger partial charge is 0.507 e. The van der Waals surface area contributed by atoms with Gasteiger partial charge in [-0.2, -0.15) is 0 Å². The third kappa shape index (κ3) is 3.16. The van der Waals surface area contributed by atoms with Crippen molar-refractivity contribution in [2.75, 3.05) is 7.05 Å². The van der Waals surface area contributed by atoms with Gasteiger partial charge < -0.3 is 19.6 Å². The van der Waals surface area contributed by atoms with Crippen molar-refractivity contribution in [1.82, 2.24) is 10.1 Å². The summed E-state index contributed by atoms with van der Waals surface area (Å²) in [5.74, 6) is -0.840. The number of nitrogens with zero attached hydrogens (tertiary/aromatic N) is 2. The summed E-state index contributed by atoms with van der Waals surface area (Å²) in [6.45, 7) is 0.391. The van der Waals surface area contributed by atoms with Gasteiger partial charge in [0, 0.05) is 30.6 Å². The molecular weight excluding hydrogens is 356 g/mol. The molecule has 4 rings (SSSR count).